The smallest absolute Gasteiger partial charge is 0.462 e. The number of carbonyl (C=O) groups is 4. The van der Waals surface area contributed by atoms with Crippen molar-refractivity contribution in [3.8, 4) is 0 Å². The molecule has 0 saturated carbocycles. The molecule has 6 atom stereocenters. The molecule has 0 saturated heterocycles. The van der Waals surface area contributed by atoms with Crippen LogP contribution in [-0.2, 0) is 65.4 Å². The Labute approximate surface area is 581 Å². The highest BCUT2D eigenvalue weighted by Gasteiger charge is 2.30. The minimum absolute atomic E-state index is 0.105. The molecule has 0 aromatic rings. The minimum Gasteiger partial charge on any atom is -0.462 e. The average molecular weight is 1400 g/mol. The van der Waals surface area contributed by atoms with E-state index < -0.39 is 97.5 Å². The van der Waals surface area contributed by atoms with Crippen LogP contribution in [0.25, 0.3) is 0 Å². The first-order valence-electron chi connectivity index (χ1n) is 39.4. The van der Waals surface area contributed by atoms with E-state index in [1.54, 1.807) is 0 Å². The van der Waals surface area contributed by atoms with Crippen molar-refractivity contribution < 1.29 is 80.2 Å². The second-order valence-corrected chi connectivity index (χ2v) is 31.5. The molecule has 0 rings (SSSR count). The summed E-state index contributed by atoms with van der Waals surface area (Å²) in [6.07, 6.45) is 52.5. The van der Waals surface area contributed by atoms with Crippen molar-refractivity contribution in [2.45, 2.75) is 407 Å². The summed E-state index contributed by atoms with van der Waals surface area (Å²) >= 11 is 0. The van der Waals surface area contributed by atoms with E-state index in [1.165, 1.54) is 199 Å². The number of ether oxygens (including phenoxy) is 4. The molecule has 0 amide bonds. The number of esters is 4. The lowest BCUT2D eigenvalue weighted by Gasteiger charge is -2.21. The first-order valence-corrected chi connectivity index (χ1v) is 42.4. The molecule has 0 bridgehead atoms. The molecule has 3 unspecified atom stereocenters. The molecule has 0 aromatic carbocycles. The van der Waals surface area contributed by atoms with E-state index in [2.05, 4.69) is 48.5 Å². The number of unbranched alkanes of at least 4 members (excludes halogenated alkanes) is 41. The molecular weight excluding hydrogens is 1250 g/mol. The maximum atomic E-state index is 13.1. The van der Waals surface area contributed by atoms with Gasteiger partial charge >= 0.3 is 39.5 Å². The summed E-state index contributed by atoms with van der Waals surface area (Å²) in [5, 5.41) is 10.6. The minimum atomic E-state index is -4.96. The Kier molecular flexibility index (Phi) is 65.2. The van der Waals surface area contributed by atoms with Crippen LogP contribution in [0, 0.1) is 17.8 Å². The number of hydrogen-bond acceptors (Lipinski definition) is 15. The van der Waals surface area contributed by atoms with Gasteiger partial charge in [0.1, 0.15) is 19.3 Å². The topological polar surface area (TPSA) is 237 Å². The maximum Gasteiger partial charge on any atom is 0.472 e. The molecule has 3 N–H and O–H groups in total. The van der Waals surface area contributed by atoms with Crippen LogP contribution in [0.1, 0.15) is 389 Å². The van der Waals surface area contributed by atoms with E-state index in [-0.39, 0.29) is 25.7 Å². The van der Waals surface area contributed by atoms with Crippen LogP contribution in [0.3, 0.4) is 0 Å². The Balaban J connectivity index is 5.26. The van der Waals surface area contributed by atoms with Gasteiger partial charge in [0, 0.05) is 25.7 Å². The maximum absolute atomic E-state index is 13.1. The second kappa shape index (κ2) is 66.6. The molecule has 95 heavy (non-hydrogen) atoms. The monoisotopic (exact) mass is 1400 g/mol. The second-order valence-electron chi connectivity index (χ2n) is 28.6. The largest absolute Gasteiger partial charge is 0.472 e. The molecule has 0 heterocycles. The van der Waals surface area contributed by atoms with Crippen molar-refractivity contribution in [3.05, 3.63) is 0 Å². The van der Waals surface area contributed by atoms with Gasteiger partial charge in [-0.05, 0) is 43.4 Å². The fourth-order valence-electron chi connectivity index (χ4n) is 11.6. The van der Waals surface area contributed by atoms with Crippen LogP contribution >= 0.6 is 15.6 Å². The summed E-state index contributed by atoms with van der Waals surface area (Å²) in [6.45, 7) is 11.9. The summed E-state index contributed by atoms with van der Waals surface area (Å²) in [7, 11) is -9.91. The number of phosphoric ester groups is 2. The molecule has 0 radical (unpaired) electrons. The average Bonchev–Trinajstić information content (AvgIpc) is 1.85. The van der Waals surface area contributed by atoms with Crippen molar-refractivity contribution >= 4 is 39.5 Å². The lowest BCUT2D eigenvalue weighted by atomic mass is 9.99. The summed E-state index contributed by atoms with van der Waals surface area (Å²) in [6, 6.07) is 0. The van der Waals surface area contributed by atoms with Gasteiger partial charge in [-0.15, -0.1) is 0 Å². The third-order valence-corrected chi connectivity index (χ3v) is 19.9. The van der Waals surface area contributed by atoms with E-state index in [4.69, 9.17) is 37.0 Å². The van der Waals surface area contributed by atoms with Gasteiger partial charge in [0.2, 0.25) is 0 Å². The van der Waals surface area contributed by atoms with Gasteiger partial charge in [-0.1, -0.05) is 337 Å². The van der Waals surface area contributed by atoms with Crippen molar-refractivity contribution in [1.29, 1.82) is 0 Å². The summed E-state index contributed by atoms with van der Waals surface area (Å²) in [4.78, 5) is 72.8. The van der Waals surface area contributed by atoms with Crippen molar-refractivity contribution in [3.63, 3.8) is 0 Å². The van der Waals surface area contributed by atoms with E-state index in [9.17, 15) is 43.2 Å². The number of phosphoric acid groups is 2. The van der Waals surface area contributed by atoms with E-state index in [0.717, 1.165) is 108 Å². The lowest BCUT2D eigenvalue weighted by molar-refractivity contribution is -0.161. The zero-order chi connectivity index (χ0) is 70.1. The highest BCUT2D eigenvalue weighted by Crippen LogP contribution is 2.45. The van der Waals surface area contributed by atoms with Crippen LogP contribution in [0.2, 0.25) is 0 Å². The normalized spacial score (nSPS) is 14.4. The van der Waals surface area contributed by atoms with Gasteiger partial charge in [-0.25, -0.2) is 9.13 Å². The standard InChI is InChI=1S/C76H148O17P2/c1-8-10-11-12-13-14-15-23-28-36-43-50-57-73(78)87-64-72(93-76(81)60-53-46-39-32-31-35-42-49-56-69(7)9-2)66-91-95(84,85)89-62-70(77)61-88-94(82,83)90-65-71(63-86-74(79)58-51-44-37-29-25-20-22-27-34-41-48-55-68(5)6)92-75(80)59-52-45-38-30-24-19-17-16-18-21-26-33-40-47-54-67(3)4/h67-72,77H,8-66H2,1-7H3,(H,82,83)(H,84,85)/t69?,70-,71-,72-/m1/s1. The van der Waals surface area contributed by atoms with Gasteiger partial charge in [0.25, 0.3) is 0 Å². The molecule has 0 aromatic heterocycles. The van der Waals surface area contributed by atoms with Gasteiger partial charge in [0.15, 0.2) is 12.2 Å². The van der Waals surface area contributed by atoms with Gasteiger partial charge < -0.3 is 33.8 Å². The van der Waals surface area contributed by atoms with Crippen molar-refractivity contribution in [1.82, 2.24) is 0 Å². The number of hydrogen-bond donors (Lipinski definition) is 3. The highest BCUT2D eigenvalue weighted by atomic mass is 31.2. The van der Waals surface area contributed by atoms with Crippen LogP contribution in [0.4, 0.5) is 0 Å². The molecule has 0 aliphatic heterocycles. The number of rotatable bonds is 74. The van der Waals surface area contributed by atoms with Gasteiger partial charge in [-0.3, -0.25) is 37.3 Å². The SMILES string of the molecule is CCCCCCCCCCCCCCC(=O)OC[C@H](COP(=O)(O)OC[C@H](O)COP(=O)(O)OC[C@@H](COC(=O)CCCCCCCCCCCCCC(C)C)OC(=O)CCCCCCCCCCCCCCCCC(C)C)OC(=O)CCCCCCCCCCC(C)CC. The number of carbonyl (C=O) groups excluding carboxylic acids is 4. The number of aliphatic hydroxyl groups excluding tert-OH is 1. The van der Waals surface area contributed by atoms with Gasteiger partial charge in [0.05, 0.1) is 26.4 Å². The Morgan fingerprint density at radius 1 is 0.305 bits per heavy atom. The fraction of sp³-hybridized carbons (Fsp3) is 0.947. The summed E-state index contributed by atoms with van der Waals surface area (Å²) in [5.41, 5.74) is 0. The molecular formula is C76H148O17P2. The zero-order valence-corrected chi connectivity index (χ0v) is 63.9. The first-order chi connectivity index (χ1) is 45.8. The quantitative estimate of drug-likeness (QED) is 0.0222. The Hall–Kier alpha value is -1.94. The molecule has 0 aliphatic carbocycles. The van der Waals surface area contributed by atoms with Crippen LogP contribution < -0.4 is 0 Å². The lowest BCUT2D eigenvalue weighted by Crippen LogP contribution is -2.30. The van der Waals surface area contributed by atoms with E-state index >= 15 is 0 Å². The molecule has 564 valence electrons. The van der Waals surface area contributed by atoms with E-state index in [1.807, 2.05) is 0 Å². The van der Waals surface area contributed by atoms with Crippen LogP contribution in [0.5, 0.6) is 0 Å². The molecule has 17 nitrogen and oxygen atoms in total. The predicted molar refractivity (Wildman–Crippen MR) is 386 cm³/mol. The van der Waals surface area contributed by atoms with Gasteiger partial charge in [-0.2, -0.15) is 0 Å². The molecule has 0 spiro atoms. The fourth-order valence-corrected chi connectivity index (χ4v) is 13.1. The third-order valence-electron chi connectivity index (χ3n) is 18.0. The van der Waals surface area contributed by atoms with Crippen LogP contribution in [-0.4, -0.2) is 96.7 Å². The molecule has 0 aliphatic rings. The third kappa shape index (κ3) is 69.0. The Morgan fingerprint density at radius 3 is 0.800 bits per heavy atom. The van der Waals surface area contributed by atoms with Crippen LogP contribution in [0.15, 0.2) is 0 Å². The Morgan fingerprint density at radius 2 is 0.537 bits per heavy atom. The van der Waals surface area contributed by atoms with Crippen molar-refractivity contribution in [2.24, 2.45) is 17.8 Å². The molecule has 19 heteroatoms. The highest BCUT2D eigenvalue weighted by molar-refractivity contribution is 7.47. The first kappa shape index (κ1) is 93.1. The predicted octanol–water partition coefficient (Wildman–Crippen LogP) is 22.2. The van der Waals surface area contributed by atoms with E-state index in [0.29, 0.717) is 25.7 Å². The summed E-state index contributed by atoms with van der Waals surface area (Å²) in [5.74, 6) is 0.218. The summed E-state index contributed by atoms with van der Waals surface area (Å²) < 4.78 is 68.6. The number of aliphatic hydroxyl groups is 1. The molecule has 0 fully saturated rings. The zero-order valence-electron chi connectivity index (χ0n) is 62.1. The van der Waals surface area contributed by atoms with Crippen molar-refractivity contribution in [2.75, 3.05) is 39.6 Å². The Bertz CT molecular complexity index is 1850.